The van der Waals surface area contributed by atoms with E-state index in [4.69, 9.17) is 8.83 Å². The van der Waals surface area contributed by atoms with E-state index in [0.717, 1.165) is 33.1 Å². The van der Waals surface area contributed by atoms with Crippen LogP contribution >= 0.6 is 0 Å². The molecule has 0 spiro atoms. The molecule has 0 aliphatic heterocycles. The summed E-state index contributed by atoms with van der Waals surface area (Å²) in [5.74, 6) is 0.897. The lowest BCUT2D eigenvalue weighted by atomic mass is 9.95. The standard InChI is InChI=1S/C27H20O3/c1-3-10-20-18-11-6-8-15-23(18)29-26(20)17(2)25(28)22-14-5-4-13-21-19-12-7-9-16-24(19)30-27(21)22/h3-12,14-16H,2,13H2,1H3/b10-3-. The van der Waals surface area contributed by atoms with Gasteiger partial charge in [0.2, 0.25) is 0 Å². The topological polar surface area (TPSA) is 43.4 Å². The number of Topliss-reactive ketones (excluding diaryl/α,β-unsaturated/α-hetero) is 1. The lowest BCUT2D eigenvalue weighted by Gasteiger charge is -2.07. The zero-order valence-electron chi connectivity index (χ0n) is 16.6. The fourth-order valence-electron chi connectivity index (χ4n) is 4.01. The summed E-state index contributed by atoms with van der Waals surface area (Å²) < 4.78 is 12.2. The smallest absolute Gasteiger partial charge is 0.199 e. The van der Waals surface area contributed by atoms with Gasteiger partial charge in [-0.25, -0.2) is 0 Å². The molecule has 0 bridgehead atoms. The molecule has 0 atom stereocenters. The van der Waals surface area contributed by atoms with Crippen LogP contribution in [0.4, 0.5) is 0 Å². The predicted octanol–water partition coefficient (Wildman–Crippen LogP) is 6.99. The molecule has 1 aliphatic rings. The largest absolute Gasteiger partial charge is 0.456 e. The Kier molecular flexibility index (Phi) is 4.36. The summed E-state index contributed by atoms with van der Waals surface area (Å²) in [6.07, 6.45) is 10.3. The van der Waals surface area contributed by atoms with Crippen molar-refractivity contribution in [2.24, 2.45) is 0 Å². The molecule has 0 amide bonds. The number of carbonyl (C=O) groups is 1. The van der Waals surface area contributed by atoms with Crippen molar-refractivity contribution in [3.8, 4) is 0 Å². The van der Waals surface area contributed by atoms with Crippen molar-refractivity contribution in [3.05, 3.63) is 102 Å². The molecule has 0 saturated heterocycles. The van der Waals surface area contributed by atoms with Crippen LogP contribution in [0.15, 0.2) is 88.2 Å². The zero-order valence-corrected chi connectivity index (χ0v) is 16.6. The fraction of sp³-hybridized carbons (Fsp3) is 0.0741. The molecule has 30 heavy (non-hydrogen) atoms. The van der Waals surface area contributed by atoms with Crippen molar-refractivity contribution in [2.45, 2.75) is 13.3 Å². The average Bonchev–Trinajstić information content (AvgIpc) is 3.24. The molecule has 2 aromatic carbocycles. The number of benzene rings is 2. The van der Waals surface area contributed by atoms with Gasteiger partial charge >= 0.3 is 0 Å². The number of hydrogen-bond acceptors (Lipinski definition) is 3. The number of hydrogen-bond donors (Lipinski definition) is 0. The summed E-state index contributed by atoms with van der Waals surface area (Å²) in [4.78, 5) is 13.6. The predicted molar refractivity (Wildman–Crippen MR) is 122 cm³/mol. The molecule has 0 saturated carbocycles. The van der Waals surface area contributed by atoms with Gasteiger partial charge in [-0.1, -0.05) is 67.3 Å². The Labute approximate surface area is 174 Å². The maximum absolute atomic E-state index is 13.6. The first-order valence-electron chi connectivity index (χ1n) is 9.95. The molecule has 146 valence electrons. The van der Waals surface area contributed by atoms with E-state index in [1.807, 2.05) is 79.8 Å². The highest BCUT2D eigenvalue weighted by atomic mass is 16.3. The van der Waals surface area contributed by atoms with Gasteiger partial charge in [0.25, 0.3) is 0 Å². The summed E-state index contributed by atoms with van der Waals surface area (Å²) in [5.41, 5.74) is 4.19. The number of fused-ring (bicyclic) bond motifs is 4. The van der Waals surface area contributed by atoms with Crippen LogP contribution in [0.1, 0.15) is 29.6 Å². The molecule has 1 aliphatic carbocycles. The van der Waals surface area contributed by atoms with E-state index >= 15 is 0 Å². The van der Waals surface area contributed by atoms with Crippen LogP contribution in [0, 0.1) is 0 Å². The molecule has 3 nitrogen and oxygen atoms in total. The van der Waals surface area contributed by atoms with Gasteiger partial charge < -0.3 is 8.83 Å². The third-order valence-corrected chi connectivity index (χ3v) is 5.42. The molecule has 5 rings (SSSR count). The Morgan fingerprint density at radius 2 is 1.70 bits per heavy atom. The van der Waals surface area contributed by atoms with Gasteiger partial charge in [-0.3, -0.25) is 4.79 Å². The molecule has 0 unspecified atom stereocenters. The summed E-state index contributed by atoms with van der Waals surface area (Å²) in [6, 6.07) is 15.6. The van der Waals surface area contributed by atoms with E-state index < -0.39 is 0 Å². The number of furan rings is 2. The van der Waals surface area contributed by atoms with Gasteiger partial charge in [-0.15, -0.1) is 0 Å². The average molecular weight is 392 g/mol. The van der Waals surface area contributed by atoms with Crippen molar-refractivity contribution < 1.29 is 13.6 Å². The second-order valence-corrected chi connectivity index (χ2v) is 7.27. The van der Waals surface area contributed by atoms with Gasteiger partial charge in [0, 0.05) is 21.9 Å². The van der Waals surface area contributed by atoms with Crippen LogP contribution < -0.4 is 0 Å². The van der Waals surface area contributed by atoms with Crippen molar-refractivity contribution in [3.63, 3.8) is 0 Å². The van der Waals surface area contributed by atoms with Crippen LogP contribution in [-0.2, 0) is 11.2 Å². The number of rotatable bonds is 4. The van der Waals surface area contributed by atoms with E-state index in [0.29, 0.717) is 29.1 Å². The lowest BCUT2D eigenvalue weighted by molar-refractivity contribution is -0.108. The Morgan fingerprint density at radius 3 is 2.47 bits per heavy atom. The van der Waals surface area contributed by atoms with Crippen molar-refractivity contribution in [1.82, 2.24) is 0 Å². The molecule has 0 fully saturated rings. The molecule has 2 aromatic heterocycles. The maximum atomic E-state index is 13.6. The minimum absolute atomic E-state index is 0.202. The molecular weight excluding hydrogens is 372 g/mol. The quantitative estimate of drug-likeness (QED) is 0.352. The first-order chi connectivity index (χ1) is 14.7. The van der Waals surface area contributed by atoms with Crippen LogP contribution in [0.3, 0.4) is 0 Å². The van der Waals surface area contributed by atoms with Gasteiger partial charge in [0.1, 0.15) is 22.7 Å². The molecule has 0 N–H and O–H groups in total. The van der Waals surface area contributed by atoms with E-state index in [-0.39, 0.29) is 5.78 Å². The second-order valence-electron chi connectivity index (χ2n) is 7.27. The fourth-order valence-corrected chi connectivity index (χ4v) is 4.01. The SMILES string of the molecule is C=C(C(=O)C1=CC=CCc2c1oc1ccccc21)c1oc2ccccc2c1/C=C\C. The molecule has 0 radical (unpaired) electrons. The first kappa shape index (κ1) is 18.2. The van der Waals surface area contributed by atoms with Gasteiger partial charge in [0.15, 0.2) is 5.78 Å². The summed E-state index contributed by atoms with van der Waals surface area (Å²) >= 11 is 0. The molecular formula is C27H20O3. The zero-order chi connectivity index (χ0) is 20.7. The normalized spacial score (nSPS) is 13.6. The highest BCUT2D eigenvalue weighted by molar-refractivity contribution is 6.42. The molecule has 3 heteroatoms. The Balaban J connectivity index is 1.63. The number of allylic oxidation sites excluding steroid dienone is 6. The van der Waals surface area contributed by atoms with Gasteiger partial charge in [0.05, 0.1) is 11.1 Å². The highest BCUT2D eigenvalue weighted by Crippen LogP contribution is 2.38. The molecule has 2 heterocycles. The van der Waals surface area contributed by atoms with E-state index in [2.05, 4.69) is 6.58 Å². The maximum Gasteiger partial charge on any atom is 0.199 e. The summed E-state index contributed by atoms with van der Waals surface area (Å²) in [6.45, 7) is 6.05. The van der Waals surface area contributed by atoms with Gasteiger partial charge in [-0.2, -0.15) is 0 Å². The van der Waals surface area contributed by atoms with Crippen molar-refractivity contribution >= 4 is 44.9 Å². The van der Waals surface area contributed by atoms with Crippen LogP contribution in [0.5, 0.6) is 0 Å². The van der Waals surface area contributed by atoms with E-state index in [9.17, 15) is 4.79 Å². The number of carbonyl (C=O) groups excluding carboxylic acids is 1. The third kappa shape index (κ3) is 2.79. The van der Waals surface area contributed by atoms with Gasteiger partial charge in [-0.05, 0) is 31.6 Å². The monoisotopic (exact) mass is 392 g/mol. The van der Waals surface area contributed by atoms with Crippen molar-refractivity contribution in [2.75, 3.05) is 0 Å². The Morgan fingerprint density at radius 1 is 1.00 bits per heavy atom. The molecule has 4 aromatic rings. The third-order valence-electron chi connectivity index (χ3n) is 5.42. The Hall–Kier alpha value is -3.85. The van der Waals surface area contributed by atoms with E-state index in [1.165, 1.54) is 0 Å². The van der Waals surface area contributed by atoms with Crippen molar-refractivity contribution in [1.29, 1.82) is 0 Å². The minimum Gasteiger partial charge on any atom is -0.456 e. The number of ketones is 1. The van der Waals surface area contributed by atoms with Crippen LogP contribution in [0.25, 0.3) is 39.2 Å². The Bertz CT molecular complexity index is 1400. The number of para-hydroxylation sites is 2. The van der Waals surface area contributed by atoms with Crippen LogP contribution in [-0.4, -0.2) is 5.78 Å². The first-order valence-corrected chi connectivity index (χ1v) is 9.95. The van der Waals surface area contributed by atoms with Crippen LogP contribution in [0.2, 0.25) is 0 Å². The summed E-state index contributed by atoms with van der Waals surface area (Å²) in [7, 11) is 0. The van der Waals surface area contributed by atoms with E-state index in [1.54, 1.807) is 6.08 Å². The lowest BCUT2D eigenvalue weighted by Crippen LogP contribution is -2.05. The summed E-state index contributed by atoms with van der Waals surface area (Å²) in [5, 5.41) is 1.99. The minimum atomic E-state index is -0.202. The second kappa shape index (κ2) is 7.20. The highest BCUT2D eigenvalue weighted by Gasteiger charge is 2.27.